The number of aromatic nitrogens is 3. The standard InChI is InChI=1S/C18H20N4O2/c1-21-16(9-11-20-21)7-8-18(23)22(14-17-6-4-12-24-17)13-15-5-2-3-10-19-15/h2-6,9-12H,7-8,13-14H2,1H3. The zero-order valence-electron chi connectivity index (χ0n) is 13.6. The highest BCUT2D eigenvalue weighted by Crippen LogP contribution is 2.12. The van der Waals surface area contributed by atoms with Gasteiger partial charge in [0, 0.05) is 31.6 Å². The van der Waals surface area contributed by atoms with E-state index in [1.165, 1.54) is 0 Å². The summed E-state index contributed by atoms with van der Waals surface area (Å²) in [5.74, 6) is 0.832. The summed E-state index contributed by atoms with van der Waals surface area (Å²) < 4.78 is 7.19. The first-order valence-corrected chi connectivity index (χ1v) is 7.89. The third kappa shape index (κ3) is 4.10. The molecule has 3 rings (SSSR count). The molecular formula is C18H20N4O2. The molecule has 24 heavy (non-hydrogen) atoms. The summed E-state index contributed by atoms with van der Waals surface area (Å²) >= 11 is 0. The summed E-state index contributed by atoms with van der Waals surface area (Å²) in [5.41, 5.74) is 1.90. The molecule has 0 aliphatic rings. The Bertz CT molecular complexity index is 765. The van der Waals surface area contributed by atoms with E-state index in [4.69, 9.17) is 4.42 Å². The smallest absolute Gasteiger partial charge is 0.223 e. The van der Waals surface area contributed by atoms with Gasteiger partial charge in [0.1, 0.15) is 5.76 Å². The summed E-state index contributed by atoms with van der Waals surface area (Å²) in [6.07, 6.45) is 6.18. The Morgan fingerprint density at radius 1 is 1.17 bits per heavy atom. The Morgan fingerprint density at radius 2 is 2.08 bits per heavy atom. The molecule has 0 saturated carbocycles. The lowest BCUT2D eigenvalue weighted by atomic mass is 10.2. The lowest BCUT2D eigenvalue weighted by Crippen LogP contribution is -2.30. The van der Waals surface area contributed by atoms with Crippen molar-refractivity contribution in [1.29, 1.82) is 0 Å². The van der Waals surface area contributed by atoms with Crippen molar-refractivity contribution in [3.8, 4) is 0 Å². The molecule has 1 amide bonds. The van der Waals surface area contributed by atoms with Crippen LogP contribution in [0, 0.1) is 0 Å². The maximum absolute atomic E-state index is 12.7. The fraction of sp³-hybridized carbons (Fsp3) is 0.278. The van der Waals surface area contributed by atoms with E-state index in [2.05, 4.69) is 10.1 Å². The van der Waals surface area contributed by atoms with Crippen LogP contribution in [0.3, 0.4) is 0 Å². The summed E-state index contributed by atoms with van der Waals surface area (Å²) in [6, 6.07) is 11.3. The quantitative estimate of drug-likeness (QED) is 0.670. The SMILES string of the molecule is Cn1nccc1CCC(=O)N(Cc1ccccn1)Cc1ccco1. The molecule has 0 fully saturated rings. The van der Waals surface area contributed by atoms with E-state index >= 15 is 0 Å². The van der Waals surface area contributed by atoms with Gasteiger partial charge in [-0.1, -0.05) is 6.07 Å². The highest BCUT2D eigenvalue weighted by molar-refractivity contribution is 5.76. The summed E-state index contributed by atoms with van der Waals surface area (Å²) in [5, 5.41) is 4.13. The third-order valence-corrected chi connectivity index (χ3v) is 3.88. The number of aryl methyl sites for hydroxylation is 2. The highest BCUT2D eigenvalue weighted by atomic mass is 16.3. The van der Waals surface area contributed by atoms with Gasteiger partial charge < -0.3 is 9.32 Å². The molecule has 3 heterocycles. The van der Waals surface area contributed by atoms with Crippen LogP contribution in [0.5, 0.6) is 0 Å². The Balaban J connectivity index is 1.68. The van der Waals surface area contributed by atoms with E-state index in [0.717, 1.165) is 17.1 Å². The van der Waals surface area contributed by atoms with Crippen LogP contribution in [0.15, 0.2) is 59.5 Å². The first-order valence-electron chi connectivity index (χ1n) is 7.89. The molecule has 124 valence electrons. The second kappa shape index (κ2) is 7.59. The van der Waals surface area contributed by atoms with E-state index in [9.17, 15) is 4.79 Å². The zero-order valence-corrected chi connectivity index (χ0v) is 13.6. The molecule has 0 aliphatic carbocycles. The van der Waals surface area contributed by atoms with Gasteiger partial charge in [0.05, 0.1) is 25.0 Å². The van der Waals surface area contributed by atoms with Crippen molar-refractivity contribution in [1.82, 2.24) is 19.7 Å². The lowest BCUT2D eigenvalue weighted by Gasteiger charge is -2.21. The molecule has 0 saturated heterocycles. The fourth-order valence-corrected chi connectivity index (χ4v) is 2.55. The van der Waals surface area contributed by atoms with Crippen molar-refractivity contribution in [3.63, 3.8) is 0 Å². The highest BCUT2D eigenvalue weighted by Gasteiger charge is 2.17. The summed E-state index contributed by atoms with van der Waals surface area (Å²) in [4.78, 5) is 18.8. The summed E-state index contributed by atoms with van der Waals surface area (Å²) in [7, 11) is 1.88. The van der Waals surface area contributed by atoms with Crippen LogP contribution >= 0.6 is 0 Å². The van der Waals surface area contributed by atoms with Gasteiger partial charge in [-0.3, -0.25) is 14.5 Å². The number of carbonyl (C=O) groups is 1. The van der Waals surface area contributed by atoms with Crippen LogP contribution in [-0.2, 0) is 31.4 Å². The Labute approximate surface area is 140 Å². The van der Waals surface area contributed by atoms with Crippen LogP contribution in [0.25, 0.3) is 0 Å². The average molecular weight is 324 g/mol. The third-order valence-electron chi connectivity index (χ3n) is 3.88. The van der Waals surface area contributed by atoms with E-state index in [1.807, 2.05) is 43.4 Å². The van der Waals surface area contributed by atoms with Crippen LogP contribution in [0.1, 0.15) is 23.6 Å². The number of hydrogen-bond donors (Lipinski definition) is 0. The predicted octanol–water partition coefficient (Wildman–Crippen LogP) is 2.57. The number of carbonyl (C=O) groups excluding carboxylic acids is 1. The number of rotatable bonds is 7. The molecule has 0 spiro atoms. The number of furan rings is 1. The van der Waals surface area contributed by atoms with Crippen molar-refractivity contribution >= 4 is 5.91 Å². The second-order valence-electron chi connectivity index (χ2n) is 5.60. The minimum Gasteiger partial charge on any atom is -0.467 e. The molecular weight excluding hydrogens is 304 g/mol. The van der Waals surface area contributed by atoms with Gasteiger partial charge in [-0.15, -0.1) is 0 Å². The topological polar surface area (TPSA) is 64.2 Å². The minimum absolute atomic E-state index is 0.0678. The van der Waals surface area contributed by atoms with Crippen molar-refractivity contribution < 1.29 is 9.21 Å². The Morgan fingerprint density at radius 3 is 2.75 bits per heavy atom. The molecule has 3 aromatic rings. The van der Waals surface area contributed by atoms with Gasteiger partial charge in [0.2, 0.25) is 5.91 Å². The molecule has 3 aromatic heterocycles. The molecule has 0 N–H and O–H groups in total. The zero-order chi connectivity index (χ0) is 16.8. The Kier molecular flexibility index (Phi) is 5.05. The van der Waals surface area contributed by atoms with Crippen molar-refractivity contribution in [2.45, 2.75) is 25.9 Å². The van der Waals surface area contributed by atoms with Gasteiger partial charge in [-0.2, -0.15) is 5.10 Å². The van der Waals surface area contributed by atoms with E-state index < -0.39 is 0 Å². The van der Waals surface area contributed by atoms with Gasteiger partial charge in [-0.25, -0.2) is 0 Å². The van der Waals surface area contributed by atoms with Crippen LogP contribution < -0.4 is 0 Å². The number of pyridine rings is 1. The maximum atomic E-state index is 12.7. The minimum atomic E-state index is 0.0678. The van der Waals surface area contributed by atoms with Crippen LogP contribution in [-0.4, -0.2) is 25.6 Å². The summed E-state index contributed by atoms with van der Waals surface area (Å²) in [6.45, 7) is 0.902. The predicted molar refractivity (Wildman–Crippen MR) is 88.7 cm³/mol. The monoisotopic (exact) mass is 324 g/mol. The Hall–Kier alpha value is -2.89. The molecule has 0 bridgehead atoms. The van der Waals surface area contributed by atoms with E-state index in [1.54, 1.807) is 28.2 Å². The van der Waals surface area contributed by atoms with Crippen molar-refractivity contribution in [2.75, 3.05) is 0 Å². The molecule has 6 nitrogen and oxygen atoms in total. The van der Waals surface area contributed by atoms with E-state index in [0.29, 0.717) is 25.9 Å². The van der Waals surface area contributed by atoms with Gasteiger partial charge in [0.25, 0.3) is 0 Å². The van der Waals surface area contributed by atoms with E-state index in [-0.39, 0.29) is 5.91 Å². The lowest BCUT2D eigenvalue weighted by molar-refractivity contribution is -0.132. The molecule has 0 unspecified atom stereocenters. The van der Waals surface area contributed by atoms with Crippen LogP contribution in [0.2, 0.25) is 0 Å². The number of hydrogen-bond acceptors (Lipinski definition) is 4. The number of nitrogens with zero attached hydrogens (tertiary/aromatic N) is 4. The van der Waals surface area contributed by atoms with Gasteiger partial charge >= 0.3 is 0 Å². The van der Waals surface area contributed by atoms with Crippen molar-refractivity contribution in [3.05, 3.63) is 72.2 Å². The van der Waals surface area contributed by atoms with Gasteiger partial charge in [-0.05, 0) is 36.8 Å². The molecule has 0 aromatic carbocycles. The molecule has 0 radical (unpaired) electrons. The normalized spacial score (nSPS) is 10.7. The first kappa shape index (κ1) is 16.0. The molecule has 6 heteroatoms. The molecule has 0 atom stereocenters. The largest absolute Gasteiger partial charge is 0.467 e. The molecule has 0 aliphatic heterocycles. The van der Waals surface area contributed by atoms with Gasteiger partial charge in [0.15, 0.2) is 0 Å². The maximum Gasteiger partial charge on any atom is 0.223 e. The van der Waals surface area contributed by atoms with Crippen LogP contribution in [0.4, 0.5) is 0 Å². The fourth-order valence-electron chi connectivity index (χ4n) is 2.55. The first-order chi connectivity index (χ1) is 11.7. The number of amides is 1. The van der Waals surface area contributed by atoms with Crippen molar-refractivity contribution in [2.24, 2.45) is 7.05 Å². The average Bonchev–Trinajstić information content (AvgIpc) is 3.25. The second-order valence-corrected chi connectivity index (χ2v) is 5.60.